The highest BCUT2D eigenvalue weighted by molar-refractivity contribution is 5.88. The first-order valence-corrected chi connectivity index (χ1v) is 8.85. The third-order valence-corrected chi connectivity index (χ3v) is 5.07. The predicted molar refractivity (Wildman–Crippen MR) is 91.5 cm³/mol. The fourth-order valence-corrected chi connectivity index (χ4v) is 3.75. The molecule has 0 N–H and O–H groups in total. The van der Waals surface area contributed by atoms with Crippen LogP contribution in [0.2, 0.25) is 0 Å². The van der Waals surface area contributed by atoms with Crippen molar-refractivity contribution in [3.05, 3.63) is 35.4 Å². The number of carbonyl (C=O) groups is 2. The van der Waals surface area contributed by atoms with Gasteiger partial charge >= 0.3 is 0 Å². The summed E-state index contributed by atoms with van der Waals surface area (Å²) in [5, 5.41) is 0. The maximum atomic E-state index is 12.9. The summed E-state index contributed by atoms with van der Waals surface area (Å²) in [5.74, 6) is 0.113. The number of amides is 2. The number of rotatable bonds is 5. The van der Waals surface area contributed by atoms with Crippen molar-refractivity contribution in [2.45, 2.75) is 44.8 Å². The van der Waals surface area contributed by atoms with Crippen molar-refractivity contribution in [1.82, 2.24) is 9.80 Å². The smallest absolute Gasteiger partial charge is 0.245 e. The van der Waals surface area contributed by atoms with Crippen LogP contribution >= 0.6 is 0 Å². The van der Waals surface area contributed by atoms with Gasteiger partial charge in [-0.3, -0.25) is 9.59 Å². The molecule has 2 aliphatic rings. The van der Waals surface area contributed by atoms with E-state index < -0.39 is 0 Å². The van der Waals surface area contributed by atoms with E-state index in [4.69, 9.17) is 4.74 Å². The fourth-order valence-electron chi connectivity index (χ4n) is 3.75. The number of likely N-dealkylation sites (N-methyl/N-ethyl adjacent to an activating group) is 1. The van der Waals surface area contributed by atoms with Crippen molar-refractivity contribution < 1.29 is 14.3 Å². The first-order chi connectivity index (χ1) is 11.6. The molecule has 5 heteroatoms. The van der Waals surface area contributed by atoms with Crippen molar-refractivity contribution in [2.24, 2.45) is 0 Å². The normalized spacial score (nSPS) is 21.5. The van der Waals surface area contributed by atoms with Gasteiger partial charge in [-0.15, -0.1) is 0 Å². The molecule has 2 amide bonds. The molecule has 24 heavy (non-hydrogen) atoms. The summed E-state index contributed by atoms with van der Waals surface area (Å²) in [5.41, 5.74) is 2.48. The Hall–Kier alpha value is -1.88. The van der Waals surface area contributed by atoms with E-state index in [1.165, 1.54) is 11.1 Å². The molecule has 2 heterocycles. The minimum absolute atomic E-state index is 0.0133. The van der Waals surface area contributed by atoms with E-state index in [1.54, 1.807) is 9.80 Å². The summed E-state index contributed by atoms with van der Waals surface area (Å²) >= 11 is 0. The minimum Gasteiger partial charge on any atom is -0.371 e. The molecule has 0 unspecified atom stereocenters. The third kappa shape index (κ3) is 3.31. The zero-order valence-corrected chi connectivity index (χ0v) is 14.5. The third-order valence-electron chi connectivity index (χ3n) is 5.07. The SMILES string of the molecule is CC[C@H](C(=O)N(C)C[C@@H]1OCCc2ccccc21)N1CCCC1=O. The number of hydrogen-bond acceptors (Lipinski definition) is 3. The van der Waals surface area contributed by atoms with Crippen LogP contribution in [0.15, 0.2) is 24.3 Å². The van der Waals surface area contributed by atoms with Crippen LogP contribution in [0, 0.1) is 0 Å². The standard InChI is InChI=1S/C19H26N2O3/c1-3-16(21-11-6-9-18(21)22)19(23)20(2)13-17-15-8-5-4-7-14(15)10-12-24-17/h4-5,7-8,16-17H,3,6,9-13H2,1-2H3/t16-,17+/m1/s1. The monoisotopic (exact) mass is 330 g/mol. The molecule has 1 saturated heterocycles. The van der Waals surface area contributed by atoms with Gasteiger partial charge in [0, 0.05) is 20.0 Å². The molecule has 0 bridgehead atoms. The van der Waals surface area contributed by atoms with E-state index in [-0.39, 0.29) is 24.0 Å². The maximum Gasteiger partial charge on any atom is 0.245 e. The molecule has 0 radical (unpaired) electrons. The number of ether oxygens (including phenoxy) is 1. The van der Waals surface area contributed by atoms with Gasteiger partial charge < -0.3 is 14.5 Å². The van der Waals surface area contributed by atoms with Crippen molar-refractivity contribution in [3.63, 3.8) is 0 Å². The highest BCUT2D eigenvalue weighted by Crippen LogP contribution is 2.28. The Kier molecular flexibility index (Phi) is 5.19. The molecule has 3 rings (SSSR count). The highest BCUT2D eigenvalue weighted by Gasteiger charge is 2.34. The molecule has 5 nitrogen and oxygen atoms in total. The molecular formula is C19H26N2O3. The van der Waals surface area contributed by atoms with Gasteiger partial charge in [0.15, 0.2) is 0 Å². The number of nitrogens with zero attached hydrogens (tertiary/aromatic N) is 2. The Morgan fingerprint density at radius 1 is 1.38 bits per heavy atom. The Labute approximate surface area is 143 Å². The van der Waals surface area contributed by atoms with Crippen LogP contribution in [-0.2, 0) is 20.7 Å². The Morgan fingerprint density at radius 3 is 2.88 bits per heavy atom. The van der Waals surface area contributed by atoms with Crippen LogP contribution in [0.5, 0.6) is 0 Å². The average molecular weight is 330 g/mol. The quantitative estimate of drug-likeness (QED) is 0.831. The van der Waals surface area contributed by atoms with Gasteiger partial charge in [0.05, 0.1) is 13.2 Å². The summed E-state index contributed by atoms with van der Waals surface area (Å²) in [6.45, 7) is 3.87. The van der Waals surface area contributed by atoms with Crippen molar-refractivity contribution in [1.29, 1.82) is 0 Å². The summed E-state index contributed by atoms with van der Waals surface area (Å²) in [6.07, 6.45) is 2.90. The molecule has 130 valence electrons. The summed E-state index contributed by atoms with van der Waals surface area (Å²) in [7, 11) is 1.81. The lowest BCUT2D eigenvalue weighted by atomic mass is 9.97. The molecule has 0 aliphatic carbocycles. The molecule has 0 aromatic heterocycles. The fraction of sp³-hybridized carbons (Fsp3) is 0.579. The lowest BCUT2D eigenvalue weighted by Gasteiger charge is -2.33. The van der Waals surface area contributed by atoms with E-state index in [0.29, 0.717) is 32.5 Å². The molecular weight excluding hydrogens is 304 g/mol. The van der Waals surface area contributed by atoms with Crippen LogP contribution in [0.4, 0.5) is 0 Å². The average Bonchev–Trinajstić information content (AvgIpc) is 3.02. The zero-order valence-electron chi connectivity index (χ0n) is 14.5. The van der Waals surface area contributed by atoms with Gasteiger partial charge in [-0.2, -0.15) is 0 Å². The molecule has 1 fully saturated rings. The first-order valence-electron chi connectivity index (χ1n) is 8.85. The molecule has 0 saturated carbocycles. The molecule has 1 aromatic rings. The van der Waals surface area contributed by atoms with Gasteiger partial charge in [-0.25, -0.2) is 0 Å². The molecule has 2 atom stereocenters. The lowest BCUT2D eigenvalue weighted by Crippen LogP contribution is -2.48. The number of fused-ring (bicyclic) bond motifs is 1. The highest BCUT2D eigenvalue weighted by atomic mass is 16.5. The van der Waals surface area contributed by atoms with Gasteiger partial charge in [-0.05, 0) is 30.4 Å². The lowest BCUT2D eigenvalue weighted by molar-refractivity contribution is -0.144. The summed E-state index contributed by atoms with van der Waals surface area (Å²) in [6, 6.07) is 7.93. The van der Waals surface area contributed by atoms with Crippen LogP contribution in [0.3, 0.4) is 0 Å². The number of hydrogen-bond donors (Lipinski definition) is 0. The first kappa shape index (κ1) is 17.0. The van der Waals surface area contributed by atoms with Crippen LogP contribution in [0.25, 0.3) is 0 Å². The number of carbonyl (C=O) groups excluding carboxylic acids is 2. The number of benzene rings is 1. The Bertz CT molecular complexity index is 616. The summed E-state index contributed by atoms with van der Waals surface area (Å²) in [4.78, 5) is 28.3. The second-order valence-corrected chi connectivity index (χ2v) is 6.64. The zero-order chi connectivity index (χ0) is 17.1. The Balaban J connectivity index is 1.69. The van der Waals surface area contributed by atoms with Crippen molar-refractivity contribution in [3.8, 4) is 0 Å². The van der Waals surface area contributed by atoms with Crippen molar-refractivity contribution in [2.75, 3.05) is 26.7 Å². The van der Waals surface area contributed by atoms with E-state index in [2.05, 4.69) is 12.1 Å². The van der Waals surface area contributed by atoms with E-state index in [0.717, 1.165) is 12.8 Å². The van der Waals surface area contributed by atoms with E-state index in [9.17, 15) is 9.59 Å². The van der Waals surface area contributed by atoms with Crippen LogP contribution < -0.4 is 0 Å². The topological polar surface area (TPSA) is 49.9 Å². The Morgan fingerprint density at radius 2 is 2.17 bits per heavy atom. The number of likely N-dealkylation sites (tertiary alicyclic amines) is 1. The van der Waals surface area contributed by atoms with Gasteiger partial charge in [0.2, 0.25) is 11.8 Å². The van der Waals surface area contributed by atoms with Gasteiger partial charge in [0.25, 0.3) is 0 Å². The molecule has 0 spiro atoms. The predicted octanol–water partition coefficient (Wildman–Crippen LogP) is 2.16. The van der Waals surface area contributed by atoms with Crippen LogP contribution in [-0.4, -0.2) is 54.4 Å². The van der Waals surface area contributed by atoms with Gasteiger partial charge in [-0.1, -0.05) is 31.2 Å². The van der Waals surface area contributed by atoms with E-state index in [1.807, 2.05) is 26.1 Å². The minimum atomic E-state index is -0.344. The van der Waals surface area contributed by atoms with Crippen LogP contribution in [0.1, 0.15) is 43.4 Å². The molecule has 1 aromatic carbocycles. The largest absolute Gasteiger partial charge is 0.371 e. The van der Waals surface area contributed by atoms with Gasteiger partial charge in [0.1, 0.15) is 12.1 Å². The second-order valence-electron chi connectivity index (χ2n) is 6.64. The summed E-state index contributed by atoms with van der Waals surface area (Å²) < 4.78 is 5.91. The second kappa shape index (κ2) is 7.34. The van der Waals surface area contributed by atoms with E-state index >= 15 is 0 Å². The maximum absolute atomic E-state index is 12.9. The molecule has 2 aliphatic heterocycles. The van der Waals surface area contributed by atoms with Crippen molar-refractivity contribution >= 4 is 11.8 Å².